The lowest BCUT2D eigenvalue weighted by Gasteiger charge is -2.28. The predicted octanol–water partition coefficient (Wildman–Crippen LogP) is 1.20. The van der Waals surface area contributed by atoms with Gasteiger partial charge in [0.15, 0.2) is 0 Å². The molecular weight excluding hydrogens is 194 g/mol. The minimum atomic E-state index is -0.335. The zero-order chi connectivity index (χ0) is 11.4. The minimum absolute atomic E-state index is 0.0747. The largest absolute Gasteiger partial charge is 0.468 e. The first-order chi connectivity index (χ1) is 7.10. The second-order valence-corrected chi connectivity index (χ2v) is 4.09. The van der Waals surface area contributed by atoms with Crippen molar-refractivity contribution in [2.24, 2.45) is 5.92 Å². The van der Waals surface area contributed by atoms with Crippen molar-refractivity contribution in [3.63, 3.8) is 0 Å². The fourth-order valence-electron chi connectivity index (χ4n) is 2.03. The smallest absolute Gasteiger partial charge is 0.325 e. The molecule has 1 fully saturated rings. The molecule has 1 saturated heterocycles. The third kappa shape index (κ3) is 2.70. The SMILES string of the molecule is CCC(C)C1CCC(=O)N1CC(=O)OC. The highest BCUT2D eigenvalue weighted by atomic mass is 16.5. The molecule has 86 valence electrons. The van der Waals surface area contributed by atoms with Crippen molar-refractivity contribution < 1.29 is 14.3 Å². The van der Waals surface area contributed by atoms with Crippen molar-refractivity contribution in [3.8, 4) is 0 Å². The van der Waals surface area contributed by atoms with E-state index >= 15 is 0 Å². The number of hydrogen-bond donors (Lipinski definition) is 0. The summed E-state index contributed by atoms with van der Waals surface area (Å²) in [4.78, 5) is 24.4. The quantitative estimate of drug-likeness (QED) is 0.659. The molecule has 0 radical (unpaired) electrons. The van der Waals surface area contributed by atoms with Gasteiger partial charge in [0, 0.05) is 12.5 Å². The van der Waals surface area contributed by atoms with Gasteiger partial charge >= 0.3 is 5.97 Å². The third-order valence-electron chi connectivity index (χ3n) is 3.20. The van der Waals surface area contributed by atoms with E-state index in [-0.39, 0.29) is 24.5 Å². The van der Waals surface area contributed by atoms with Crippen molar-refractivity contribution >= 4 is 11.9 Å². The van der Waals surface area contributed by atoms with Crippen molar-refractivity contribution in [1.82, 2.24) is 4.90 Å². The van der Waals surface area contributed by atoms with Gasteiger partial charge in [0.2, 0.25) is 5.91 Å². The summed E-state index contributed by atoms with van der Waals surface area (Å²) in [5.41, 5.74) is 0. The highest BCUT2D eigenvalue weighted by Crippen LogP contribution is 2.26. The van der Waals surface area contributed by atoms with E-state index in [0.29, 0.717) is 12.3 Å². The lowest BCUT2D eigenvalue weighted by molar-refractivity contribution is -0.146. The Morgan fingerprint density at radius 2 is 2.33 bits per heavy atom. The molecule has 1 rings (SSSR count). The second kappa shape index (κ2) is 5.14. The molecule has 0 aromatic heterocycles. The maximum atomic E-state index is 11.6. The Bertz CT molecular complexity index is 252. The van der Waals surface area contributed by atoms with Gasteiger partial charge in [-0.05, 0) is 12.3 Å². The molecule has 0 spiro atoms. The van der Waals surface area contributed by atoms with Crippen LogP contribution >= 0.6 is 0 Å². The van der Waals surface area contributed by atoms with E-state index < -0.39 is 0 Å². The lowest BCUT2D eigenvalue weighted by Crippen LogP contribution is -2.40. The summed E-state index contributed by atoms with van der Waals surface area (Å²) in [5, 5.41) is 0. The van der Waals surface area contributed by atoms with Crippen LogP contribution in [0.25, 0.3) is 0 Å². The third-order valence-corrected chi connectivity index (χ3v) is 3.20. The van der Waals surface area contributed by atoms with Crippen molar-refractivity contribution in [2.75, 3.05) is 13.7 Å². The van der Waals surface area contributed by atoms with Crippen LogP contribution in [0.5, 0.6) is 0 Å². The first-order valence-corrected chi connectivity index (χ1v) is 5.46. The molecule has 1 heterocycles. The Labute approximate surface area is 90.6 Å². The number of nitrogens with zero attached hydrogens (tertiary/aromatic N) is 1. The molecule has 0 aliphatic carbocycles. The summed E-state index contributed by atoms with van der Waals surface area (Å²) < 4.78 is 4.59. The summed E-state index contributed by atoms with van der Waals surface area (Å²) in [7, 11) is 1.35. The number of esters is 1. The minimum Gasteiger partial charge on any atom is -0.468 e. The molecule has 1 amide bonds. The average molecular weight is 213 g/mol. The molecule has 4 heteroatoms. The van der Waals surface area contributed by atoms with E-state index in [1.807, 2.05) is 0 Å². The molecule has 15 heavy (non-hydrogen) atoms. The number of amides is 1. The van der Waals surface area contributed by atoms with E-state index in [1.165, 1.54) is 7.11 Å². The van der Waals surface area contributed by atoms with Gasteiger partial charge in [-0.1, -0.05) is 20.3 Å². The van der Waals surface area contributed by atoms with Gasteiger partial charge < -0.3 is 9.64 Å². The summed E-state index contributed by atoms with van der Waals surface area (Å²) in [6, 6.07) is 0.210. The number of ether oxygens (including phenoxy) is 1. The summed E-state index contributed by atoms with van der Waals surface area (Å²) in [6.45, 7) is 4.32. The topological polar surface area (TPSA) is 46.6 Å². The van der Waals surface area contributed by atoms with Crippen LogP contribution in [0.3, 0.4) is 0 Å². The van der Waals surface area contributed by atoms with Gasteiger partial charge in [-0.3, -0.25) is 9.59 Å². The highest BCUT2D eigenvalue weighted by molar-refractivity contribution is 5.83. The zero-order valence-corrected chi connectivity index (χ0v) is 9.66. The molecule has 1 aliphatic heterocycles. The number of likely N-dealkylation sites (tertiary alicyclic amines) is 1. The maximum absolute atomic E-state index is 11.6. The molecule has 2 unspecified atom stereocenters. The normalized spacial score (nSPS) is 23.0. The molecule has 2 atom stereocenters. The zero-order valence-electron chi connectivity index (χ0n) is 9.66. The van der Waals surface area contributed by atoms with Crippen LogP contribution in [-0.4, -0.2) is 36.5 Å². The first kappa shape index (κ1) is 12.0. The average Bonchev–Trinajstić information content (AvgIpc) is 2.59. The van der Waals surface area contributed by atoms with Crippen molar-refractivity contribution in [2.45, 2.75) is 39.2 Å². The Hall–Kier alpha value is -1.06. The van der Waals surface area contributed by atoms with Gasteiger partial charge in [0.25, 0.3) is 0 Å². The summed E-state index contributed by atoms with van der Waals surface area (Å²) in [6.07, 6.45) is 2.45. The molecule has 0 aromatic carbocycles. The lowest BCUT2D eigenvalue weighted by atomic mass is 9.97. The van der Waals surface area contributed by atoms with Gasteiger partial charge in [-0.25, -0.2) is 0 Å². The van der Waals surface area contributed by atoms with Crippen LogP contribution in [0, 0.1) is 5.92 Å². The summed E-state index contributed by atoms with van der Waals surface area (Å²) >= 11 is 0. The van der Waals surface area contributed by atoms with Crippen LogP contribution < -0.4 is 0 Å². The van der Waals surface area contributed by atoms with Crippen LogP contribution in [-0.2, 0) is 14.3 Å². The highest BCUT2D eigenvalue weighted by Gasteiger charge is 2.35. The van der Waals surface area contributed by atoms with E-state index in [1.54, 1.807) is 4.90 Å². The van der Waals surface area contributed by atoms with E-state index in [0.717, 1.165) is 12.8 Å². The monoisotopic (exact) mass is 213 g/mol. The Morgan fingerprint density at radius 3 is 2.87 bits per heavy atom. The Balaban J connectivity index is 2.64. The molecule has 0 bridgehead atoms. The standard InChI is InChI=1S/C11H19NO3/c1-4-8(2)9-5-6-10(13)12(9)7-11(14)15-3/h8-9H,4-7H2,1-3H3. The number of rotatable bonds is 4. The molecule has 0 aromatic rings. The number of methoxy groups -OCH3 is 1. The van der Waals surface area contributed by atoms with E-state index in [2.05, 4.69) is 18.6 Å². The molecular formula is C11H19NO3. The van der Waals surface area contributed by atoms with Crippen LogP contribution in [0.2, 0.25) is 0 Å². The fourth-order valence-corrected chi connectivity index (χ4v) is 2.03. The second-order valence-electron chi connectivity index (χ2n) is 4.09. The van der Waals surface area contributed by atoms with Gasteiger partial charge in [-0.2, -0.15) is 0 Å². The van der Waals surface area contributed by atoms with Gasteiger partial charge in [0.05, 0.1) is 7.11 Å². The van der Waals surface area contributed by atoms with Gasteiger partial charge in [0.1, 0.15) is 6.54 Å². The maximum Gasteiger partial charge on any atom is 0.325 e. The number of carbonyl (C=O) groups is 2. The molecule has 0 saturated carbocycles. The summed E-state index contributed by atoms with van der Waals surface area (Å²) in [5.74, 6) is 0.186. The fraction of sp³-hybridized carbons (Fsp3) is 0.818. The van der Waals surface area contributed by atoms with E-state index in [9.17, 15) is 9.59 Å². The number of carbonyl (C=O) groups excluding carboxylic acids is 2. The van der Waals surface area contributed by atoms with Crippen LogP contribution in [0.15, 0.2) is 0 Å². The Morgan fingerprint density at radius 1 is 1.67 bits per heavy atom. The predicted molar refractivity (Wildman–Crippen MR) is 56.2 cm³/mol. The van der Waals surface area contributed by atoms with Crippen LogP contribution in [0.1, 0.15) is 33.1 Å². The molecule has 4 nitrogen and oxygen atoms in total. The molecule has 0 N–H and O–H groups in total. The van der Waals surface area contributed by atoms with Crippen LogP contribution in [0.4, 0.5) is 0 Å². The molecule has 1 aliphatic rings. The van der Waals surface area contributed by atoms with Crippen molar-refractivity contribution in [3.05, 3.63) is 0 Å². The first-order valence-electron chi connectivity index (χ1n) is 5.46. The Kier molecular flexibility index (Phi) is 4.12. The van der Waals surface area contributed by atoms with E-state index in [4.69, 9.17) is 0 Å². The number of hydrogen-bond acceptors (Lipinski definition) is 3. The van der Waals surface area contributed by atoms with Crippen molar-refractivity contribution in [1.29, 1.82) is 0 Å². The van der Waals surface area contributed by atoms with Gasteiger partial charge in [-0.15, -0.1) is 0 Å².